The molecule has 1 heterocycles. The van der Waals surface area contributed by atoms with Crippen molar-refractivity contribution in [1.82, 2.24) is 0 Å². The number of carbonyl (C=O) groups excluding carboxylic acids is 1. The zero-order chi connectivity index (χ0) is 18.6. The lowest BCUT2D eigenvalue weighted by Gasteiger charge is -2.18. The molecule has 0 bridgehead atoms. The highest BCUT2D eigenvalue weighted by molar-refractivity contribution is 7.99. The van der Waals surface area contributed by atoms with Crippen molar-refractivity contribution in [2.75, 3.05) is 24.3 Å². The summed E-state index contributed by atoms with van der Waals surface area (Å²) < 4.78 is 48.2. The predicted molar refractivity (Wildman–Crippen MR) is 93.0 cm³/mol. The Kier molecular flexibility index (Phi) is 5.61. The van der Waals surface area contributed by atoms with Crippen molar-refractivity contribution in [3.05, 3.63) is 48.0 Å². The summed E-state index contributed by atoms with van der Waals surface area (Å²) in [5, 5.41) is 2.68. The molecule has 0 saturated carbocycles. The van der Waals surface area contributed by atoms with E-state index in [1.807, 2.05) is 0 Å². The van der Waals surface area contributed by atoms with Crippen LogP contribution in [0.15, 0.2) is 47.4 Å². The van der Waals surface area contributed by atoms with E-state index in [1.165, 1.54) is 0 Å². The highest BCUT2D eigenvalue weighted by atomic mass is 32.2. The van der Waals surface area contributed by atoms with Gasteiger partial charge in [-0.3, -0.25) is 4.79 Å². The number of ether oxygens (including phenoxy) is 2. The number of nitrogens with one attached hydrogen (secondary N) is 1. The number of alkyl halides is 3. The van der Waals surface area contributed by atoms with E-state index in [1.54, 1.807) is 42.5 Å². The smallest absolute Gasteiger partial charge is 0.398 e. The monoisotopic (exact) mass is 383 g/mol. The average molecular weight is 383 g/mol. The van der Waals surface area contributed by atoms with Crippen LogP contribution < -0.4 is 14.8 Å². The molecule has 0 saturated heterocycles. The van der Waals surface area contributed by atoms with Gasteiger partial charge in [-0.05, 0) is 29.8 Å². The molecule has 0 aliphatic carbocycles. The minimum Gasteiger partial charge on any atom is -0.486 e. The quantitative estimate of drug-likeness (QED) is 0.783. The van der Waals surface area contributed by atoms with Gasteiger partial charge in [0.25, 0.3) is 0 Å². The molecule has 0 spiro atoms. The maximum Gasteiger partial charge on any atom is 0.398 e. The van der Waals surface area contributed by atoms with Crippen molar-refractivity contribution in [2.45, 2.75) is 17.5 Å². The van der Waals surface area contributed by atoms with Gasteiger partial charge < -0.3 is 14.8 Å². The van der Waals surface area contributed by atoms with Gasteiger partial charge in [0.2, 0.25) is 5.91 Å². The first-order valence-electron chi connectivity index (χ1n) is 7.88. The number of fused-ring (bicyclic) bond motifs is 1. The molecule has 0 fully saturated rings. The van der Waals surface area contributed by atoms with Crippen LogP contribution in [0, 0.1) is 0 Å². The van der Waals surface area contributed by atoms with Crippen molar-refractivity contribution in [2.24, 2.45) is 0 Å². The number of para-hydroxylation sites is 1. The summed E-state index contributed by atoms with van der Waals surface area (Å²) in [6.07, 6.45) is -4.19. The molecule has 4 nitrogen and oxygen atoms in total. The third kappa shape index (κ3) is 5.08. The zero-order valence-corrected chi connectivity index (χ0v) is 14.5. The second-order valence-corrected chi connectivity index (χ2v) is 6.62. The Bertz CT molecular complexity index is 795. The van der Waals surface area contributed by atoms with E-state index in [0.717, 1.165) is 5.56 Å². The summed E-state index contributed by atoms with van der Waals surface area (Å²) in [6, 6.07) is 11.7. The molecule has 0 radical (unpaired) electrons. The van der Waals surface area contributed by atoms with Crippen LogP contribution in [0.2, 0.25) is 0 Å². The van der Waals surface area contributed by atoms with Crippen LogP contribution in [0.3, 0.4) is 0 Å². The molecule has 2 aromatic carbocycles. The molecule has 3 rings (SSSR count). The molecule has 26 heavy (non-hydrogen) atoms. The van der Waals surface area contributed by atoms with Gasteiger partial charge in [0.05, 0.1) is 17.9 Å². The Morgan fingerprint density at radius 2 is 1.81 bits per heavy atom. The van der Waals surface area contributed by atoms with E-state index < -0.39 is 11.9 Å². The van der Waals surface area contributed by atoms with Crippen LogP contribution in [-0.2, 0) is 11.2 Å². The average Bonchev–Trinajstić information content (AvgIpc) is 2.60. The lowest BCUT2D eigenvalue weighted by atomic mass is 10.1. The van der Waals surface area contributed by atoms with Gasteiger partial charge in [0, 0.05) is 4.90 Å². The van der Waals surface area contributed by atoms with E-state index in [4.69, 9.17) is 9.47 Å². The van der Waals surface area contributed by atoms with Gasteiger partial charge in [-0.2, -0.15) is 13.2 Å². The largest absolute Gasteiger partial charge is 0.486 e. The van der Waals surface area contributed by atoms with Crippen LogP contribution in [0.4, 0.5) is 18.9 Å². The number of hydrogen-bond donors (Lipinski definition) is 1. The van der Waals surface area contributed by atoms with E-state index in [9.17, 15) is 18.0 Å². The Morgan fingerprint density at radius 1 is 1.08 bits per heavy atom. The van der Waals surface area contributed by atoms with Crippen molar-refractivity contribution >= 4 is 23.4 Å². The predicted octanol–water partition coefficient (Wildman–Crippen LogP) is 4.29. The summed E-state index contributed by atoms with van der Waals surface area (Å²) in [6.45, 7) is 0.936. The number of halogens is 3. The molecule has 8 heteroatoms. The van der Waals surface area contributed by atoms with Crippen LogP contribution in [0.5, 0.6) is 11.5 Å². The third-order valence-electron chi connectivity index (χ3n) is 3.52. The van der Waals surface area contributed by atoms with Gasteiger partial charge >= 0.3 is 6.18 Å². The van der Waals surface area contributed by atoms with Crippen LogP contribution in [0.25, 0.3) is 0 Å². The van der Waals surface area contributed by atoms with E-state index in [-0.39, 0.29) is 12.3 Å². The fourth-order valence-electron chi connectivity index (χ4n) is 2.43. The molecular formula is C18H16F3NO3S. The van der Waals surface area contributed by atoms with Gasteiger partial charge in [0.15, 0.2) is 11.5 Å². The van der Waals surface area contributed by atoms with E-state index in [0.29, 0.717) is 47.1 Å². The second-order valence-electron chi connectivity index (χ2n) is 5.60. The highest BCUT2D eigenvalue weighted by Crippen LogP contribution is 2.33. The molecule has 0 atom stereocenters. The standard InChI is InChI=1S/C18H16F3NO3S/c19-18(20,21)11-26-16-4-2-1-3-13(16)22-17(23)10-12-5-6-14-15(9-12)25-8-7-24-14/h1-6,9H,7-8,10-11H2,(H,22,23). The second kappa shape index (κ2) is 7.90. The molecule has 2 aromatic rings. The minimum absolute atomic E-state index is 0.0783. The Morgan fingerprint density at radius 3 is 2.58 bits per heavy atom. The first-order chi connectivity index (χ1) is 12.4. The minimum atomic E-state index is -4.27. The van der Waals surface area contributed by atoms with Crippen LogP contribution >= 0.6 is 11.8 Å². The number of benzene rings is 2. The van der Waals surface area contributed by atoms with Gasteiger partial charge in [-0.25, -0.2) is 0 Å². The van der Waals surface area contributed by atoms with Crippen molar-refractivity contribution < 1.29 is 27.4 Å². The number of hydrogen-bond acceptors (Lipinski definition) is 4. The fourth-order valence-corrected chi connectivity index (χ4v) is 3.20. The number of anilines is 1. The number of thioether (sulfide) groups is 1. The normalized spacial score (nSPS) is 13.3. The Hall–Kier alpha value is -2.35. The number of amides is 1. The molecule has 138 valence electrons. The molecular weight excluding hydrogens is 367 g/mol. The molecule has 1 aliphatic rings. The number of carbonyl (C=O) groups is 1. The lowest BCUT2D eigenvalue weighted by molar-refractivity contribution is -0.115. The summed E-state index contributed by atoms with van der Waals surface area (Å²) in [4.78, 5) is 12.7. The molecule has 0 unspecified atom stereocenters. The SMILES string of the molecule is O=C(Cc1ccc2c(c1)OCCO2)Nc1ccccc1SCC(F)(F)F. The molecule has 0 aromatic heterocycles. The zero-order valence-electron chi connectivity index (χ0n) is 13.6. The summed E-state index contributed by atoms with van der Waals surface area (Å²) in [5.74, 6) is -0.110. The van der Waals surface area contributed by atoms with E-state index in [2.05, 4.69) is 5.32 Å². The molecule has 1 N–H and O–H groups in total. The maximum atomic E-state index is 12.4. The van der Waals surface area contributed by atoms with Gasteiger partial charge in [-0.15, -0.1) is 11.8 Å². The maximum absolute atomic E-state index is 12.4. The Labute approximate surface area is 152 Å². The van der Waals surface area contributed by atoms with Gasteiger partial charge in [0.1, 0.15) is 13.2 Å². The fraction of sp³-hybridized carbons (Fsp3) is 0.278. The summed E-state index contributed by atoms with van der Waals surface area (Å²) in [7, 11) is 0. The Balaban J connectivity index is 1.65. The van der Waals surface area contributed by atoms with Crippen LogP contribution in [-0.4, -0.2) is 31.1 Å². The van der Waals surface area contributed by atoms with Crippen molar-refractivity contribution in [3.8, 4) is 11.5 Å². The van der Waals surface area contributed by atoms with Crippen molar-refractivity contribution in [1.29, 1.82) is 0 Å². The molecule has 1 amide bonds. The number of rotatable bonds is 5. The van der Waals surface area contributed by atoms with E-state index >= 15 is 0 Å². The summed E-state index contributed by atoms with van der Waals surface area (Å²) in [5.41, 5.74) is 1.09. The first-order valence-corrected chi connectivity index (χ1v) is 8.86. The highest BCUT2D eigenvalue weighted by Gasteiger charge is 2.27. The lowest BCUT2D eigenvalue weighted by Crippen LogP contribution is -2.17. The van der Waals surface area contributed by atoms with Crippen molar-refractivity contribution in [3.63, 3.8) is 0 Å². The third-order valence-corrected chi connectivity index (χ3v) is 4.66. The first kappa shape index (κ1) is 18.4. The summed E-state index contributed by atoms with van der Waals surface area (Å²) >= 11 is 0.645. The van der Waals surface area contributed by atoms with Crippen LogP contribution in [0.1, 0.15) is 5.56 Å². The topological polar surface area (TPSA) is 47.6 Å². The molecule has 1 aliphatic heterocycles. The van der Waals surface area contributed by atoms with Gasteiger partial charge in [-0.1, -0.05) is 18.2 Å².